The van der Waals surface area contributed by atoms with Crippen LogP contribution in [-0.2, 0) is 6.54 Å². The maximum atomic E-state index is 12.1. The van der Waals surface area contributed by atoms with Crippen molar-refractivity contribution >= 4 is 28.6 Å². The Hall–Kier alpha value is -2.01. The molecule has 20 heavy (non-hydrogen) atoms. The van der Waals surface area contributed by atoms with E-state index in [0.29, 0.717) is 17.8 Å². The Labute approximate surface area is 123 Å². The van der Waals surface area contributed by atoms with Crippen LogP contribution in [-0.4, -0.2) is 19.5 Å². The average Bonchev–Trinajstić information content (AvgIpc) is 2.91. The normalized spacial score (nSPS) is 10.3. The van der Waals surface area contributed by atoms with E-state index in [2.05, 4.69) is 11.4 Å². The number of nitrogens with two attached hydrogens (primary N) is 1. The van der Waals surface area contributed by atoms with Gasteiger partial charge in [0.05, 0.1) is 17.8 Å². The standard InChI is InChI=1S/C15H19N3OS/c1-3-17-15(19)13-7-6-11(16)9-14(13)18(2)10-12-5-4-8-20-12/h4-9H,3,10,16H2,1-2H3,(H,17,19). The highest BCUT2D eigenvalue weighted by Crippen LogP contribution is 2.25. The number of amides is 1. The zero-order valence-corrected chi connectivity index (χ0v) is 12.5. The van der Waals surface area contributed by atoms with Crippen molar-refractivity contribution in [2.75, 3.05) is 24.2 Å². The van der Waals surface area contributed by atoms with Gasteiger partial charge in [0, 0.05) is 24.2 Å². The number of anilines is 2. The summed E-state index contributed by atoms with van der Waals surface area (Å²) in [5, 5.41) is 4.88. The van der Waals surface area contributed by atoms with Gasteiger partial charge >= 0.3 is 0 Å². The van der Waals surface area contributed by atoms with E-state index in [9.17, 15) is 4.79 Å². The summed E-state index contributed by atoms with van der Waals surface area (Å²) in [5.74, 6) is -0.0690. The molecule has 5 heteroatoms. The molecule has 0 radical (unpaired) electrons. The van der Waals surface area contributed by atoms with E-state index in [0.717, 1.165) is 12.2 Å². The molecule has 0 aliphatic rings. The van der Waals surface area contributed by atoms with Gasteiger partial charge in [0.2, 0.25) is 0 Å². The largest absolute Gasteiger partial charge is 0.399 e. The Kier molecular flexibility index (Phi) is 4.63. The van der Waals surface area contributed by atoms with Crippen LogP contribution in [0.25, 0.3) is 0 Å². The molecule has 0 saturated carbocycles. The summed E-state index contributed by atoms with van der Waals surface area (Å²) in [6, 6.07) is 9.49. The van der Waals surface area contributed by atoms with Crippen molar-refractivity contribution in [1.82, 2.24) is 5.32 Å². The molecule has 0 bridgehead atoms. The SMILES string of the molecule is CCNC(=O)c1ccc(N)cc1N(C)Cc1cccs1. The quantitative estimate of drug-likeness (QED) is 0.832. The molecule has 1 aromatic heterocycles. The second-order valence-electron chi connectivity index (χ2n) is 4.57. The van der Waals surface area contributed by atoms with Gasteiger partial charge in [-0.05, 0) is 36.6 Å². The van der Waals surface area contributed by atoms with E-state index in [1.54, 1.807) is 23.5 Å². The van der Waals surface area contributed by atoms with Gasteiger partial charge in [0.25, 0.3) is 5.91 Å². The predicted octanol–water partition coefficient (Wildman–Crippen LogP) is 2.72. The van der Waals surface area contributed by atoms with Crippen LogP contribution in [0.4, 0.5) is 11.4 Å². The van der Waals surface area contributed by atoms with E-state index >= 15 is 0 Å². The maximum absolute atomic E-state index is 12.1. The van der Waals surface area contributed by atoms with Crippen molar-refractivity contribution in [3.8, 4) is 0 Å². The Morgan fingerprint density at radius 1 is 1.40 bits per heavy atom. The van der Waals surface area contributed by atoms with Crippen LogP contribution in [0.15, 0.2) is 35.7 Å². The second-order valence-corrected chi connectivity index (χ2v) is 5.60. The summed E-state index contributed by atoms with van der Waals surface area (Å²) in [6.07, 6.45) is 0. The third kappa shape index (κ3) is 3.30. The minimum Gasteiger partial charge on any atom is -0.399 e. The van der Waals surface area contributed by atoms with Crippen LogP contribution in [0.2, 0.25) is 0 Å². The van der Waals surface area contributed by atoms with E-state index in [1.807, 2.05) is 36.4 Å². The van der Waals surface area contributed by atoms with Crippen molar-refractivity contribution in [2.24, 2.45) is 0 Å². The number of hydrogen-bond acceptors (Lipinski definition) is 4. The third-order valence-corrected chi connectivity index (χ3v) is 3.85. The lowest BCUT2D eigenvalue weighted by atomic mass is 10.1. The molecule has 2 aromatic rings. The van der Waals surface area contributed by atoms with Crippen molar-refractivity contribution < 1.29 is 4.79 Å². The Morgan fingerprint density at radius 3 is 2.85 bits per heavy atom. The lowest BCUT2D eigenvalue weighted by molar-refractivity contribution is 0.0956. The first-order chi connectivity index (χ1) is 9.61. The predicted molar refractivity (Wildman–Crippen MR) is 85.3 cm³/mol. The van der Waals surface area contributed by atoms with Crippen LogP contribution in [0.5, 0.6) is 0 Å². The number of nitrogens with one attached hydrogen (secondary N) is 1. The molecule has 1 heterocycles. The first-order valence-electron chi connectivity index (χ1n) is 6.53. The van der Waals surface area contributed by atoms with Gasteiger partial charge in [-0.25, -0.2) is 0 Å². The van der Waals surface area contributed by atoms with Crippen molar-refractivity contribution in [3.63, 3.8) is 0 Å². The highest BCUT2D eigenvalue weighted by atomic mass is 32.1. The number of benzene rings is 1. The topological polar surface area (TPSA) is 58.4 Å². The van der Waals surface area contributed by atoms with Gasteiger partial charge in [-0.2, -0.15) is 0 Å². The molecule has 3 N–H and O–H groups in total. The molecule has 1 aromatic carbocycles. The summed E-state index contributed by atoms with van der Waals surface area (Å²) in [5.41, 5.74) is 8.02. The summed E-state index contributed by atoms with van der Waals surface area (Å²) in [6.45, 7) is 3.27. The smallest absolute Gasteiger partial charge is 0.253 e. The highest BCUT2D eigenvalue weighted by molar-refractivity contribution is 7.09. The minimum absolute atomic E-state index is 0.0690. The number of nitrogen functional groups attached to an aromatic ring is 1. The van der Waals surface area contributed by atoms with Gasteiger partial charge in [0.15, 0.2) is 0 Å². The van der Waals surface area contributed by atoms with Crippen molar-refractivity contribution in [2.45, 2.75) is 13.5 Å². The fourth-order valence-electron chi connectivity index (χ4n) is 2.03. The Bertz CT molecular complexity index is 581. The van der Waals surface area contributed by atoms with Crippen LogP contribution < -0.4 is 16.0 Å². The number of hydrogen-bond donors (Lipinski definition) is 2. The van der Waals surface area contributed by atoms with Crippen LogP contribution in [0.3, 0.4) is 0 Å². The lowest BCUT2D eigenvalue weighted by Crippen LogP contribution is -2.26. The fourth-order valence-corrected chi connectivity index (χ4v) is 2.79. The van der Waals surface area contributed by atoms with Crippen LogP contribution in [0, 0.1) is 0 Å². The van der Waals surface area contributed by atoms with Gasteiger partial charge in [-0.1, -0.05) is 6.07 Å². The minimum atomic E-state index is -0.0690. The summed E-state index contributed by atoms with van der Waals surface area (Å²) in [4.78, 5) is 15.4. The number of carbonyl (C=O) groups excluding carboxylic acids is 1. The molecular formula is C15H19N3OS. The molecular weight excluding hydrogens is 270 g/mol. The molecule has 1 amide bonds. The summed E-state index contributed by atoms with van der Waals surface area (Å²) in [7, 11) is 1.97. The zero-order chi connectivity index (χ0) is 14.5. The summed E-state index contributed by atoms with van der Waals surface area (Å²) >= 11 is 1.70. The van der Waals surface area contributed by atoms with Gasteiger partial charge in [-0.3, -0.25) is 4.79 Å². The number of nitrogens with zero attached hydrogens (tertiary/aromatic N) is 1. The summed E-state index contributed by atoms with van der Waals surface area (Å²) < 4.78 is 0. The average molecular weight is 289 g/mol. The van der Waals surface area contributed by atoms with Crippen LogP contribution >= 0.6 is 11.3 Å². The first-order valence-corrected chi connectivity index (χ1v) is 7.41. The molecule has 106 valence electrons. The second kappa shape index (κ2) is 6.43. The number of rotatable bonds is 5. The molecule has 0 aliphatic heterocycles. The zero-order valence-electron chi connectivity index (χ0n) is 11.7. The molecule has 4 nitrogen and oxygen atoms in total. The van der Waals surface area contributed by atoms with Gasteiger partial charge in [0.1, 0.15) is 0 Å². The van der Waals surface area contributed by atoms with E-state index < -0.39 is 0 Å². The fraction of sp³-hybridized carbons (Fsp3) is 0.267. The van der Waals surface area contributed by atoms with Crippen LogP contribution in [0.1, 0.15) is 22.2 Å². The monoisotopic (exact) mass is 289 g/mol. The molecule has 0 spiro atoms. The van der Waals surface area contributed by atoms with E-state index in [-0.39, 0.29) is 5.91 Å². The molecule has 0 atom stereocenters. The number of thiophene rings is 1. The van der Waals surface area contributed by atoms with Crippen molar-refractivity contribution in [1.29, 1.82) is 0 Å². The van der Waals surface area contributed by atoms with Crippen molar-refractivity contribution in [3.05, 3.63) is 46.2 Å². The van der Waals surface area contributed by atoms with E-state index in [1.165, 1.54) is 4.88 Å². The van der Waals surface area contributed by atoms with Gasteiger partial charge < -0.3 is 16.0 Å². The van der Waals surface area contributed by atoms with Gasteiger partial charge in [-0.15, -0.1) is 11.3 Å². The Morgan fingerprint density at radius 2 is 2.20 bits per heavy atom. The number of carbonyl (C=O) groups is 1. The first kappa shape index (κ1) is 14.4. The lowest BCUT2D eigenvalue weighted by Gasteiger charge is -2.22. The Balaban J connectivity index is 2.28. The highest BCUT2D eigenvalue weighted by Gasteiger charge is 2.14. The maximum Gasteiger partial charge on any atom is 0.253 e. The molecule has 0 aliphatic carbocycles. The third-order valence-electron chi connectivity index (χ3n) is 2.99. The molecule has 0 unspecified atom stereocenters. The molecule has 0 saturated heterocycles. The molecule has 2 rings (SSSR count). The van der Waals surface area contributed by atoms with E-state index in [4.69, 9.17) is 5.73 Å². The molecule has 0 fully saturated rings.